The van der Waals surface area contributed by atoms with Crippen molar-refractivity contribution in [3.8, 4) is 12.1 Å². The Bertz CT molecular complexity index is 1810. The molecule has 11 nitrogen and oxygen atoms in total. The Hall–Kier alpha value is -5.27. The maximum Gasteiger partial charge on any atom is 0.262 e. The minimum Gasteiger partial charge on any atom is -0.383 e. The first-order valence-electron chi connectivity index (χ1n) is 14.9. The fourth-order valence-electron chi connectivity index (χ4n) is 5.27. The third-order valence-electron chi connectivity index (χ3n) is 8.07. The number of hydrogen-bond donors (Lipinski definition) is 4. The lowest BCUT2D eigenvalue weighted by atomic mass is 9.95. The maximum atomic E-state index is 14.0. The standard InChI is InChI=1S/C33H37F2N11/c1-7-8-27(45-19-38-18-41-45)20(2)21(3)28(26-16-46(44-43-26)33(9-10-33)31(34)35)42-24-11-22(13-36)29-25(12-24)30(23(14-37)15-39-29)40-17-32(4,5)6/h7-8,11-12,15-16,18-19,28,31,42-44H,3,9-10,17H2,1-2,4-6H3,(H,39,40)/b8-7-,27-20+/t28-/m0/s1. The van der Waals surface area contributed by atoms with E-state index in [-0.39, 0.29) is 5.41 Å². The quantitative estimate of drug-likeness (QED) is 0.192. The smallest absolute Gasteiger partial charge is 0.262 e. The Balaban J connectivity index is 1.63. The Labute approximate surface area is 266 Å². The number of fused-ring (bicyclic) bond motifs is 1. The van der Waals surface area contributed by atoms with E-state index in [1.165, 1.54) is 17.5 Å². The highest BCUT2D eigenvalue weighted by Gasteiger charge is 2.56. The summed E-state index contributed by atoms with van der Waals surface area (Å²) in [5.41, 5.74) is 9.48. The van der Waals surface area contributed by atoms with E-state index in [0.29, 0.717) is 64.1 Å². The van der Waals surface area contributed by atoms with Crippen LogP contribution in [0.3, 0.4) is 0 Å². The number of pyridine rings is 1. The van der Waals surface area contributed by atoms with Crippen LogP contribution < -0.4 is 21.6 Å². The van der Waals surface area contributed by atoms with Crippen LogP contribution in [0.15, 0.2) is 72.8 Å². The average Bonchev–Trinajstić information content (AvgIpc) is 3.40. The number of benzene rings is 1. The summed E-state index contributed by atoms with van der Waals surface area (Å²) in [5, 5.41) is 33.3. The summed E-state index contributed by atoms with van der Waals surface area (Å²) in [6.45, 7) is 15.0. The van der Waals surface area contributed by atoms with Crippen LogP contribution in [0.5, 0.6) is 0 Å². The summed E-state index contributed by atoms with van der Waals surface area (Å²) < 4.78 is 29.7. The molecular formula is C33H37F2N11. The molecule has 1 aromatic carbocycles. The second-order valence-electron chi connectivity index (χ2n) is 12.7. The van der Waals surface area contributed by atoms with Crippen molar-refractivity contribution in [3.05, 3.63) is 83.9 Å². The Morgan fingerprint density at radius 1 is 1.22 bits per heavy atom. The van der Waals surface area contributed by atoms with Crippen molar-refractivity contribution in [1.82, 2.24) is 35.7 Å². The number of anilines is 2. The molecule has 0 unspecified atom stereocenters. The van der Waals surface area contributed by atoms with Crippen LogP contribution in [0, 0.1) is 28.1 Å². The molecule has 1 aliphatic heterocycles. The number of nitrogens with zero attached hydrogens (tertiary/aromatic N) is 7. The molecule has 0 bridgehead atoms. The lowest BCUT2D eigenvalue weighted by molar-refractivity contribution is 0.00912. The number of rotatable bonds is 11. The summed E-state index contributed by atoms with van der Waals surface area (Å²) in [7, 11) is 0. The summed E-state index contributed by atoms with van der Waals surface area (Å²) in [4.78, 5) is 8.53. The van der Waals surface area contributed by atoms with Crippen molar-refractivity contribution < 1.29 is 8.78 Å². The first kappa shape index (κ1) is 32.1. The van der Waals surface area contributed by atoms with Gasteiger partial charge in [0, 0.05) is 30.0 Å². The molecule has 5 rings (SSSR count). The van der Waals surface area contributed by atoms with Gasteiger partial charge in [-0.2, -0.15) is 15.6 Å². The molecule has 1 saturated carbocycles. The lowest BCUT2D eigenvalue weighted by Crippen LogP contribution is -2.48. The van der Waals surface area contributed by atoms with Crippen LogP contribution in [0.4, 0.5) is 20.2 Å². The number of hydrazine groups is 2. The van der Waals surface area contributed by atoms with Gasteiger partial charge in [-0.25, -0.2) is 18.4 Å². The summed E-state index contributed by atoms with van der Waals surface area (Å²) in [6, 6.07) is 7.29. The predicted molar refractivity (Wildman–Crippen MR) is 174 cm³/mol. The van der Waals surface area contributed by atoms with E-state index in [1.54, 1.807) is 23.3 Å². The van der Waals surface area contributed by atoms with Crippen LogP contribution in [-0.2, 0) is 0 Å². The van der Waals surface area contributed by atoms with E-state index in [0.717, 1.165) is 11.3 Å². The van der Waals surface area contributed by atoms with E-state index in [4.69, 9.17) is 0 Å². The highest BCUT2D eigenvalue weighted by molar-refractivity contribution is 5.99. The van der Waals surface area contributed by atoms with Gasteiger partial charge in [0.15, 0.2) is 0 Å². The summed E-state index contributed by atoms with van der Waals surface area (Å²) in [5.74, 6) is 0. The van der Waals surface area contributed by atoms with Crippen LogP contribution in [0.1, 0.15) is 58.6 Å². The van der Waals surface area contributed by atoms with E-state index in [9.17, 15) is 19.3 Å². The number of alkyl halides is 2. The van der Waals surface area contributed by atoms with Gasteiger partial charge in [0.1, 0.15) is 30.3 Å². The molecular weight excluding hydrogens is 588 g/mol. The van der Waals surface area contributed by atoms with Gasteiger partial charge in [0.05, 0.1) is 39.8 Å². The topological polar surface area (TPSA) is 143 Å². The molecule has 3 heterocycles. The largest absolute Gasteiger partial charge is 0.383 e. The lowest BCUT2D eigenvalue weighted by Gasteiger charge is -2.26. The highest BCUT2D eigenvalue weighted by Crippen LogP contribution is 2.47. The zero-order chi connectivity index (χ0) is 33.2. The molecule has 238 valence electrons. The number of allylic oxidation sites excluding steroid dienone is 3. The minimum absolute atomic E-state index is 0.0890. The molecule has 2 aromatic heterocycles. The Morgan fingerprint density at radius 2 is 1.96 bits per heavy atom. The number of hydrogen-bond acceptors (Lipinski definition) is 10. The number of aromatic nitrogens is 4. The first-order valence-corrected chi connectivity index (χ1v) is 14.9. The van der Waals surface area contributed by atoms with Gasteiger partial charge in [-0.3, -0.25) is 9.99 Å². The molecule has 0 amide bonds. The fraction of sp³-hybridized carbons (Fsp3) is 0.364. The van der Waals surface area contributed by atoms with Gasteiger partial charge < -0.3 is 16.1 Å². The van der Waals surface area contributed by atoms with Crippen molar-refractivity contribution in [1.29, 1.82) is 10.5 Å². The number of nitriles is 2. The molecule has 0 radical (unpaired) electrons. The van der Waals surface area contributed by atoms with Crippen molar-refractivity contribution in [2.45, 2.75) is 65.5 Å². The van der Waals surface area contributed by atoms with Crippen LogP contribution in [0.2, 0.25) is 0 Å². The van der Waals surface area contributed by atoms with Crippen LogP contribution >= 0.6 is 0 Å². The molecule has 0 saturated heterocycles. The van der Waals surface area contributed by atoms with Crippen LogP contribution in [-0.4, -0.2) is 49.3 Å². The number of nitrogens with one attached hydrogen (secondary N) is 4. The number of halogens is 2. The van der Waals surface area contributed by atoms with Crippen molar-refractivity contribution in [2.24, 2.45) is 5.41 Å². The zero-order valence-electron chi connectivity index (χ0n) is 26.5. The summed E-state index contributed by atoms with van der Waals surface area (Å²) in [6.07, 6.45) is 8.05. The van der Waals surface area contributed by atoms with Gasteiger partial charge >= 0.3 is 0 Å². The van der Waals surface area contributed by atoms with E-state index >= 15 is 0 Å². The maximum absolute atomic E-state index is 14.0. The van der Waals surface area contributed by atoms with E-state index < -0.39 is 18.0 Å². The monoisotopic (exact) mass is 625 g/mol. The molecule has 46 heavy (non-hydrogen) atoms. The van der Waals surface area contributed by atoms with Gasteiger partial charge in [-0.15, -0.1) is 5.53 Å². The van der Waals surface area contributed by atoms with Gasteiger partial charge in [0.2, 0.25) is 0 Å². The molecule has 3 aromatic rings. The fourth-order valence-corrected chi connectivity index (χ4v) is 5.27. The molecule has 13 heteroatoms. The average molecular weight is 626 g/mol. The zero-order valence-corrected chi connectivity index (χ0v) is 26.5. The van der Waals surface area contributed by atoms with Crippen molar-refractivity contribution >= 4 is 28.0 Å². The van der Waals surface area contributed by atoms with Crippen molar-refractivity contribution in [3.63, 3.8) is 0 Å². The SMILES string of the molecule is C=C(/C(C)=C(\C=C/C)n1cncn1)[C@H](Nc1cc(C#N)c2ncc(C#N)c(NCC(C)(C)C)c2c1)C1=CN(C2(C(F)F)CC2)NN1. The minimum atomic E-state index is -2.54. The van der Waals surface area contributed by atoms with Gasteiger partial charge in [-0.1, -0.05) is 33.4 Å². The molecule has 0 spiro atoms. The summed E-state index contributed by atoms with van der Waals surface area (Å²) >= 11 is 0. The molecule has 1 aliphatic carbocycles. The van der Waals surface area contributed by atoms with E-state index in [2.05, 4.69) is 76.1 Å². The molecule has 1 atom stereocenters. The molecule has 1 fully saturated rings. The third-order valence-corrected chi connectivity index (χ3v) is 8.07. The third kappa shape index (κ3) is 6.28. The second-order valence-corrected chi connectivity index (χ2v) is 12.7. The Kier molecular flexibility index (Phi) is 8.81. The normalized spacial score (nSPS) is 16.8. The van der Waals surface area contributed by atoms with Crippen LogP contribution in [0.25, 0.3) is 16.6 Å². The van der Waals surface area contributed by atoms with Gasteiger partial charge in [-0.05, 0) is 61.5 Å². The van der Waals surface area contributed by atoms with Gasteiger partial charge in [0.25, 0.3) is 6.43 Å². The van der Waals surface area contributed by atoms with Crippen molar-refractivity contribution in [2.75, 3.05) is 17.2 Å². The molecule has 2 aliphatic rings. The van der Waals surface area contributed by atoms with E-state index in [1.807, 2.05) is 32.1 Å². The Morgan fingerprint density at radius 3 is 2.54 bits per heavy atom. The predicted octanol–water partition coefficient (Wildman–Crippen LogP) is 5.84. The highest BCUT2D eigenvalue weighted by atomic mass is 19.3. The molecule has 4 N–H and O–H groups in total. The first-order chi connectivity index (χ1) is 21.9. The second kappa shape index (κ2) is 12.6.